The van der Waals surface area contributed by atoms with Crippen molar-refractivity contribution < 1.29 is 13.9 Å². The second-order valence-electron chi connectivity index (χ2n) is 8.51. The number of likely N-dealkylation sites (N-methyl/N-ethyl adjacent to an activating group) is 1. The molecule has 2 aromatic rings. The SMILES string of the molecule is Cc1cc(OCCN(C)C)c(C)c2c1CC[C@@H]([C@H](C)C(=O)NCc1ccco1)C2. The number of hydrogen-bond donors (Lipinski definition) is 1. The first-order chi connectivity index (χ1) is 13.9. The average molecular weight is 399 g/mol. The molecule has 0 bridgehead atoms. The Kier molecular flexibility index (Phi) is 7.01. The van der Waals surface area contributed by atoms with Crippen LogP contribution in [0, 0.1) is 25.7 Å². The minimum atomic E-state index is -0.0314. The maximum absolute atomic E-state index is 12.7. The summed E-state index contributed by atoms with van der Waals surface area (Å²) in [4.78, 5) is 14.8. The van der Waals surface area contributed by atoms with Crippen LogP contribution in [-0.2, 0) is 24.2 Å². The second kappa shape index (κ2) is 9.49. The zero-order valence-electron chi connectivity index (χ0n) is 18.4. The maximum Gasteiger partial charge on any atom is 0.223 e. The van der Waals surface area contributed by atoms with Crippen molar-refractivity contribution in [1.82, 2.24) is 10.2 Å². The summed E-state index contributed by atoms with van der Waals surface area (Å²) in [7, 11) is 4.11. The van der Waals surface area contributed by atoms with Gasteiger partial charge in [-0.1, -0.05) is 6.92 Å². The third-order valence-corrected chi connectivity index (χ3v) is 6.18. The van der Waals surface area contributed by atoms with Crippen molar-refractivity contribution in [3.8, 4) is 5.75 Å². The lowest BCUT2D eigenvalue weighted by Crippen LogP contribution is -2.35. The van der Waals surface area contributed by atoms with Gasteiger partial charge >= 0.3 is 0 Å². The van der Waals surface area contributed by atoms with Crippen molar-refractivity contribution in [2.24, 2.45) is 11.8 Å². The minimum absolute atomic E-state index is 0.0314. The summed E-state index contributed by atoms with van der Waals surface area (Å²) in [6.07, 6.45) is 4.64. The smallest absolute Gasteiger partial charge is 0.223 e. The van der Waals surface area contributed by atoms with Gasteiger partial charge in [-0.2, -0.15) is 0 Å². The number of carbonyl (C=O) groups is 1. The van der Waals surface area contributed by atoms with E-state index in [0.717, 1.165) is 37.3 Å². The van der Waals surface area contributed by atoms with Crippen molar-refractivity contribution in [2.75, 3.05) is 27.2 Å². The number of fused-ring (bicyclic) bond motifs is 1. The van der Waals surface area contributed by atoms with Gasteiger partial charge in [0.2, 0.25) is 5.91 Å². The van der Waals surface area contributed by atoms with E-state index >= 15 is 0 Å². The van der Waals surface area contributed by atoms with Crippen LogP contribution in [0.15, 0.2) is 28.9 Å². The molecule has 29 heavy (non-hydrogen) atoms. The number of furan rings is 1. The molecule has 0 fully saturated rings. The molecule has 1 aliphatic carbocycles. The van der Waals surface area contributed by atoms with Gasteiger partial charge in [0, 0.05) is 12.5 Å². The van der Waals surface area contributed by atoms with Crippen molar-refractivity contribution in [3.05, 3.63) is 52.5 Å². The first-order valence-corrected chi connectivity index (χ1v) is 10.6. The van der Waals surface area contributed by atoms with Crippen LogP contribution in [0.1, 0.15) is 41.4 Å². The van der Waals surface area contributed by atoms with Crippen LogP contribution >= 0.6 is 0 Å². The van der Waals surface area contributed by atoms with Crippen molar-refractivity contribution in [1.29, 1.82) is 0 Å². The van der Waals surface area contributed by atoms with Crippen LogP contribution in [-0.4, -0.2) is 38.1 Å². The van der Waals surface area contributed by atoms with E-state index in [1.54, 1.807) is 6.26 Å². The molecule has 5 nitrogen and oxygen atoms in total. The number of ether oxygens (including phenoxy) is 1. The molecule has 0 unspecified atom stereocenters. The van der Waals surface area contributed by atoms with Gasteiger partial charge in [0.25, 0.3) is 0 Å². The van der Waals surface area contributed by atoms with Gasteiger partial charge in [-0.25, -0.2) is 0 Å². The van der Waals surface area contributed by atoms with Crippen LogP contribution in [0.25, 0.3) is 0 Å². The number of carbonyl (C=O) groups excluding carboxylic acids is 1. The number of hydrogen-bond acceptors (Lipinski definition) is 4. The Hall–Kier alpha value is -2.27. The van der Waals surface area contributed by atoms with E-state index in [4.69, 9.17) is 9.15 Å². The highest BCUT2D eigenvalue weighted by atomic mass is 16.5. The topological polar surface area (TPSA) is 54.7 Å². The van der Waals surface area contributed by atoms with Crippen LogP contribution in [0.5, 0.6) is 5.75 Å². The summed E-state index contributed by atoms with van der Waals surface area (Å²) in [5, 5.41) is 3.02. The zero-order valence-corrected chi connectivity index (χ0v) is 18.4. The molecule has 3 rings (SSSR count). The standard InChI is InChI=1S/C24H34N2O3/c1-16-13-23(29-12-10-26(4)5)18(3)22-14-19(8-9-21(16)22)17(2)24(27)25-15-20-7-6-11-28-20/h6-7,11,13,17,19H,8-10,12,14-15H2,1-5H3,(H,25,27)/t17-,19+/m0/s1. The third-order valence-electron chi connectivity index (χ3n) is 6.18. The van der Waals surface area contributed by atoms with E-state index in [0.29, 0.717) is 19.1 Å². The Morgan fingerprint density at radius 3 is 2.83 bits per heavy atom. The summed E-state index contributed by atoms with van der Waals surface area (Å²) in [5.41, 5.74) is 5.37. The molecule has 0 aliphatic heterocycles. The van der Waals surface area contributed by atoms with Gasteiger partial charge in [-0.15, -0.1) is 0 Å². The molecule has 158 valence electrons. The molecule has 5 heteroatoms. The summed E-state index contributed by atoms with van der Waals surface area (Å²) >= 11 is 0. The van der Waals surface area contributed by atoms with Crippen LogP contribution in [0.3, 0.4) is 0 Å². The van der Waals surface area contributed by atoms with E-state index in [1.807, 2.05) is 19.1 Å². The Bertz CT molecular complexity index is 827. The molecule has 1 aromatic heterocycles. The first kappa shape index (κ1) is 21.4. The van der Waals surface area contributed by atoms with Gasteiger partial charge in [0.1, 0.15) is 18.1 Å². The molecule has 0 spiro atoms. The molecule has 1 amide bonds. The lowest BCUT2D eigenvalue weighted by atomic mass is 9.74. The van der Waals surface area contributed by atoms with Crippen LogP contribution in [0.2, 0.25) is 0 Å². The number of benzene rings is 1. The highest BCUT2D eigenvalue weighted by molar-refractivity contribution is 5.78. The number of rotatable bonds is 8. The van der Waals surface area contributed by atoms with E-state index in [-0.39, 0.29) is 11.8 Å². The number of nitrogens with one attached hydrogen (secondary N) is 1. The van der Waals surface area contributed by atoms with E-state index in [2.05, 4.69) is 44.2 Å². The van der Waals surface area contributed by atoms with Crippen LogP contribution < -0.4 is 10.1 Å². The molecular weight excluding hydrogens is 364 g/mol. The molecular formula is C24H34N2O3. The Morgan fingerprint density at radius 2 is 2.14 bits per heavy atom. The average Bonchev–Trinajstić information content (AvgIpc) is 3.22. The predicted octanol–water partition coefficient (Wildman–Crippen LogP) is 3.89. The van der Waals surface area contributed by atoms with E-state index < -0.39 is 0 Å². The molecule has 1 heterocycles. The number of amides is 1. The van der Waals surface area contributed by atoms with E-state index in [1.165, 1.54) is 22.3 Å². The van der Waals surface area contributed by atoms with Crippen molar-refractivity contribution >= 4 is 5.91 Å². The highest BCUT2D eigenvalue weighted by Gasteiger charge is 2.30. The fourth-order valence-electron chi connectivity index (χ4n) is 4.20. The minimum Gasteiger partial charge on any atom is -0.492 e. The Labute approximate surface area is 174 Å². The fraction of sp³-hybridized carbons (Fsp3) is 0.542. The van der Waals surface area contributed by atoms with E-state index in [9.17, 15) is 4.79 Å². The summed E-state index contributed by atoms with van der Waals surface area (Å²) in [6, 6.07) is 5.90. The van der Waals surface area contributed by atoms with Crippen molar-refractivity contribution in [2.45, 2.75) is 46.6 Å². The lowest BCUT2D eigenvalue weighted by molar-refractivity contribution is -0.126. The monoisotopic (exact) mass is 398 g/mol. The number of aryl methyl sites for hydroxylation is 1. The predicted molar refractivity (Wildman–Crippen MR) is 115 cm³/mol. The first-order valence-electron chi connectivity index (χ1n) is 10.6. The van der Waals surface area contributed by atoms with Gasteiger partial charge in [0.15, 0.2) is 0 Å². The van der Waals surface area contributed by atoms with Crippen molar-refractivity contribution in [3.63, 3.8) is 0 Å². The van der Waals surface area contributed by atoms with Gasteiger partial charge in [-0.3, -0.25) is 4.79 Å². The summed E-state index contributed by atoms with van der Waals surface area (Å²) < 4.78 is 11.4. The zero-order chi connectivity index (χ0) is 21.0. The Balaban J connectivity index is 1.68. The van der Waals surface area contributed by atoms with Crippen LogP contribution in [0.4, 0.5) is 0 Å². The Morgan fingerprint density at radius 1 is 1.34 bits per heavy atom. The highest BCUT2D eigenvalue weighted by Crippen LogP contribution is 2.37. The molecule has 2 atom stereocenters. The quantitative estimate of drug-likeness (QED) is 0.733. The maximum atomic E-state index is 12.7. The third kappa shape index (κ3) is 5.21. The molecule has 1 aliphatic rings. The molecule has 0 saturated heterocycles. The summed E-state index contributed by atoms with van der Waals surface area (Å²) in [5.74, 6) is 2.18. The summed E-state index contributed by atoms with van der Waals surface area (Å²) in [6.45, 7) is 8.41. The fourth-order valence-corrected chi connectivity index (χ4v) is 4.20. The van der Waals surface area contributed by atoms with Gasteiger partial charge in [-0.05, 0) is 93.6 Å². The van der Waals surface area contributed by atoms with Gasteiger partial charge in [0.05, 0.1) is 12.8 Å². The van der Waals surface area contributed by atoms with Gasteiger partial charge < -0.3 is 19.4 Å². The molecule has 0 radical (unpaired) electrons. The second-order valence-corrected chi connectivity index (χ2v) is 8.51. The normalized spacial score (nSPS) is 17.1. The molecule has 0 saturated carbocycles. The lowest BCUT2D eigenvalue weighted by Gasteiger charge is -2.31. The largest absolute Gasteiger partial charge is 0.492 e. The molecule has 1 N–H and O–H groups in total. The molecule has 1 aromatic carbocycles. The number of nitrogens with zero attached hydrogens (tertiary/aromatic N) is 1.